The first kappa shape index (κ1) is 20.6. The lowest BCUT2D eigenvalue weighted by atomic mass is 10.0. The minimum Gasteiger partial charge on any atom is -0.497 e. The monoisotopic (exact) mass is 427 g/mol. The third-order valence-corrected chi connectivity index (χ3v) is 7.67. The smallest absolute Gasteiger partial charge is 0.243 e. The summed E-state index contributed by atoms with van der Waals surface area (Å²) in [6.45, 7) is 3.59. The first-order valence-electron chi connectivity index (χ1n) is 9.90. The van der Waals surface area contributed by atoms with Crippen molar-refractivity contribution in [1.29, 1.82) is 0 Å². The molecular weight excluding hydrogens is 402 g/mol. The number of rotatable bonds is 6. The van der Waals surface area contributed by atoms with Crippen LogP contribution in [0.25, 0.3) is 10.9 Å². The van der Waals surface area contributed by atoms with Gasteiger partial charge >= 0.3 is 0 Å². The Hall–Kier alpha value is -2.68. The van der Waals surface area contributed by atoms with Crippen molar-refractivity contribution in [2.45, 2.75) is 17.9 Å². The number of H-pyrrole nitrogens is 1. The maximum absolute atomic E-state index is 13.1. The number of aromatic amines is 1. The van der Waals surface area contributed by atoms with E-state index in [0.29, 0.717) is 37.5 Å². The van der Waals surface area contributed by atoms with Crippen LogP contribution in [0.5, 0.6) is 5.75 Å². The summed E-state index contributed by atoms with van der Waals surface area (Å²) < 4.78 is 32.4. The van der Waals surface area contributed by atoms with Gasteiger partial charge in [0.05, 0.1) is 18.0 Å². The van der Waals surface area contributed by atoms with Crippen LogP contribution < -0.4 is 4.74 Å². The molecule has 4 rings (SSSR count). The van der Waals surface area contributed by atoms with E-state index in [-0.39, 0.29) is 16.7 Å². The van der Waals surface area contributed by atoms with E-state index >= 15 is 0 Å². The van der Waals surface area contributed by atoms with Crippen LogP contribution in [0.3, 0.4) is 0 Å². The molecular formula is C22H25N3O4S. The number of ketones is 1. The summed E-state index contributed by atoms with van der Waals surface area (Å²) in [6, 6.07) is 13.8. The normalized spacial score (nSPS) is 17.1. The molecule has 0 bridgehead atoms. The van der Waals surface area contributed by atoms with Crippen LogP contribution in [0, 0.1) is 0 Å². The van der Waals surface area contributed by atoms with E-state index in [1.807, 2.05) is 36.1 Å². The molecule has 158 valence electrons. The van der Waals surface area contributed by atoms with Crippen molar-refractivity contribution in [1.82, 2.24) is 14.2 Å². The largest absolute Gasteiger partial charge is 0.497 e. The minimum absolute atomic E-state index is 0.0407. The Kier molecular flexibility index (Phi) is 5.64. The van der Waals surface area contributed by atoms with Gasteiger partial charge in [-0.25, -0.2) is 8.42 Å². The summed E-state index contributed by atoms with van der Waals surface area (Å²) in [6.07, 6.45) is 1.76. The summed E-state index contributed by atoms with van der Waals surface area (Å²) in [7, 11) is -2.02. The number of piperazine rings is 1. The number of hydrogen-bond acceptors (Lipinski definition) is 5. The molecule has 2 aromatic carbocycles. The number of fused-ring (bicyclic) bond motifs is 1. The van der Waals surface area contributed by atoms with Gasteiger partial charge < -0.3 is 9.72 Å². The molecule has 1 aliphatic heterocycles. The second-order valence-electron chi connectivity index (χ2n) is 7.40. The van der Waals surface area contributed by atoms with Gasteiger partial charge in [-0.1, -0.05) is 18.2 Å². The zero-order valence-electron chi connectivity index (χ0n) is 17.0. The van der Waals surface area contributed by atoms with Gasteiger partial charge in [0.2, 0.25) is 10.0 Å². The second-order valence-corrected chi connectivity index (χ2v) is 9.34. The van der Waals surface area contributed by atoms with Crippen molar-refractivity contribution in [3.63, 3.8) is 0 Å². The molecule has 0 amide bonds. The highest BCUT2D eigenvalue weighted by atomic mass is 32.2. The van der Waals surface area contributed by atoms with E-state index in [9.17, 15) is 13.2 Å². The molecule has 0 aliphatic carbocycles. The summed E-state index contributed by atoms with van der Waals surface area (Å²) in [5, 5.41) is 0.912. The number of carbonyl (C=O) groups is 1. The fourth-order valence-electron chi connectivity index (χ4n) is 3.89. The van der Waals surface area contributed by atoms with Gasteiger partial charge in [-0.3, -0.25) is 9.69 Å². The quantitative estimate of drug-likeness (QED) is 0.612. The lowest BCUT2D eigenvalue weighted by molar-refractivity contribution is 0.0784. The van der Waals surface area contributed by atoms with Gasteiger partial charge in [-0.05, 0) is 37.3 Å². The molecule has 0 spiro atoms. The number of carbonyl (C=O) groups excluding carboxylic acids is 1. The third kappa shape index (κ3) is 3.74. The third-order valence-electron chi connectivity index (χ3n) is 5.75. The van der Waals surface area contributed by atoms with Crippen LogP contribution in [0.2, 0.25) is 0 Å². The minimum atomic E-state index is -3.57. The molecule has 1 atom stereocenters. The summed E-state index contributed by atoms with van der Waals surface area (Å²) in [4.78, 5) is 18.5. The molecule has 7 nitrogen and oxygen atoms in total. The van der Waals surface area contributed by atoms with Gasteiger partial charge in [0.1, 0.15) is 5.75 Å². The highest BCUT2D eigenvalue weighted by Crippen LogP contribution is 2.23. The number of methoxy groups -OCH3 is 1. The fraction of sp³-hybridized carbons (Fsp3) is 0.318. The van der Waals surface area contributed by atoms with Crippen molar-refractivity contribution in [3.05, 3.63) is 60.3 Å². The highest BCUT2D eigenvalue weighted by molar-refractivity contribution is 7.89. The Morgan fingerprint density at radius 3 is 2.37 bits per heavy atom. The zero-order valence-corrected chi connectivity index (χ0v) is 17.9. The van der Waals surface area contributed by atoms with Crippen molar-refractivity contribution in [3.8, 4) is 5.75 Å². The molecule has 30 heavy (non-hydrogen) atoms. The molecule has 2 heterocycles. The van der Waals surface area contributed by atoms with Crippen molar-refractivity contribution in [2.24, 2.45) is 0 Å². The van der Waals surface area contributed by atoms with E-state index in [1.165, 1.54) is 4.31 Å². The number of nitrogens with zero attached hydrogens (tertiary/aromatic N) is 2. The number of benzene rings is 2. The van der Waals surface area contributed by atoms with Crippen LogP contribution in [-0.4, -0.2) is 67.7 Å². The maximum atomic E-state index is 13.1. The number of para-hydroxylation sites is 1. The van der Waals surface area contributed by atoms with Crippen LogP contribution in [0.15, 0.2) is 59.6 Å². The standard InChI is InChI=1S/C22H25N3O4S/c1-16(22(26)20-15-23-21-6-4-3-5-19(20)21)24-11-13-25(14-12-24)30(27,28)18-9-7-17(29-2)8-10-18/h3-10,15-16,23H,11-14H2,1-2H3/t16-/m0/s1. The predicted octanol–water partition coefficient (Wildman–Crippen LogP) is 2.75. The van der Waals surface area contributed by atoms with Crippen molar-refractivity contribution < 1.29 is 17.9 Å². The topological polar surface area (TPSA) is 82.7 Å². The van der Waals surface area contributed by atoms with Gasteiger partial charge in [0.25, 0.3) is 0 Å². The van der Waals surface area contributed by atoms with Crippen LogP contribution in [0.1, 0.15) is 17.3 Å². The molecule has 1 fully saturated rings. The highest BCUT2D eigenvalue weighted by Gasteiger charge is 2.32. The molecule has 3 aromatic rings. The average molecular weight is 428 g/mol. The number of Topliss-reactive ketones (excluding diaryl/α,β-unsaturated/α-hetero) is 1. The summed E-state index contributed by atoms with van der Waals surface area (Å²) >= 11 is 0. The first-order valence-corrected chi connectivity index (χ1v) is 11.3. The van der Waals surface area contributed by atoms with E-state index < -0.39 is 10.0 Å². The first-order chi connectivity index (χ1) is 14.4. The fourth-order valence-corrected chi connectivity index (χ4v) is 5.32. The molecule has 0 radical (unpaired) electrons. The lowest BCUT2D eigenvalue weighted by Crippen LogP contribution is -2.53. The average Bonchev–Trinajstić information content (AvgIpc) is 3.22. The number of ether oxygens (including phenoxy) is 1. The predicted molar refractivity (Wildman–Crippen MR) is 115 cm³/mol. The van der Waals surface area contributed by atoms with Crippen molar-refractivity contribution in [2.75, 3.05) is 33.3 Å². The molecule has 1 aliphatic rings. The van der Waals surface area contributed by atoms with Gasteiger partial charge in [0, 0.05) is 48.8 Å². The SMILES string of the molecule is COc1ccc(S(=O)(=O)N2CCN([C@@H](C)C(=O)c3c[nH]c4ccccc34)CC2)cc1. The molecule has 1 saturated heterocycles. The molecule has 0 unspecified atom stereocenters. The maximum Gasteiger partial charge on any atom is 0.243 e. The Morgan fingerprint density at radius 1 is 1.03 bits per heavy atom. The van der Waals surface area contributed by atoms with Crippen molar-refractivity contribution >= 4 is 26.7 Å². The summed E-state index contributed by atoms with van der Waals surface area (Å²) in [5.41, 5.74) is 1.61. The van der Waals surface area contributed by atoms with E-state index in [0.717, 1.165) is 10.9 Å². The van der Waals surface area contributed by atoms with Crippen LogP contribution in [-0.2, 0) is 10.0 Å². The van der Waals surface area contributed by atoms with E-state index in [4.69, 9.17) is 4.74 Å². The number of aromatic nitrogens is 1. The zero-order chi connectivity index (χ0) is 21.3. The van der Waals surface area contributed by atoms with E-state index in [2.05, 4.69) is 4.98 Å². The Balaban J connectivity index is 1.44. The molecule has 1 aromatic heterocycles. The van der Waals surface area contributed by atoms with Crippen LogP contribution >= 0.6 is 0 Å². The number of nitrogens with one attached hydrogen (secondary N) is 1. The molecule has 8 heteroatoms. The number of hydrogen-bond donors (Lipinski definition) is 1. The van der Waals surface area contributed by atoms with Crippen LogP contribution in [0.4, 0.5) is 0 Å². The molecule has 0 saturated carbocycles. The van der Waals surface area contributed by atoms with Gasteiger partial charge in [0.15, 0.2) is 5.78 Å². The molecule has 1 N–H and O–H groups in total. The van der Waals surface area contributed by atoms with Gasteiger partial charge in [-0.2, -0.15) is 4.31 Å². The second kappa shape index (κ2) is 8.22. The Morgan fingerprint density at radius 2 is 1.70 bits per heavy atom. The Bertz CT molecular complexity index is 1150. The lowest BCUT2D eigenvalue weighted by Gasteiger charge is -2.36. The number of sulfonamides is 1. The Labute approximate surface area is 176 Å². The van der Waals surface area contributed by atoms with Gasteiger partial charge in [-0.15, -0.1) is 0 Å². The summed E-state index contributed by atoms with van der Waals surface area (Å²) in [5.74, 6) is 0.655. The van der Waals surface area contributed by atoms with E-state index in [1.54, 1.807) is 37.6 Å².